The van der Waals surface area contributed by atoms with Crippen LogP contribution >= 0.6 is 0 Å². The largest absolute Gasteiger partial charge is 0.467 e. The highest BCUT2D eigenvalue weighted by molar-refractivity contribution is 5.93. The number of carbonyl (C=O) groups excluding carboxylic acids is 5. The monoisotopic (exact) mass is 637 g/mol. The summed E-state index contributed by atoms with van der Waals surface area (Å²) in [6.07, 6.45) is 4.33. The molecule has 5 amide bonds. The van der Waals surface area contributed by atoms with E-state index in [0.29, 0.717) is 24.9 Å². The van der Waals surface area contributed by atoms with Crippen molar-refractivity contribution in [3.8, 4) is 0 Å². The maximum Gasteiger partial charge on any atom is 0.328 e. The molecule has 0 saturated heterocycles. The van der Waals surface area contributed by atoms with E-state index >= 15 is 0 Å². The zero-order valence-corrected chi connectivity index (χ0v) is 26.7. The number of esters is 1. The molecule has 0 saturated carbocycles. The van der Waals surface area contributed by atoms with Crippen LogP contribution in [0, 0.1) is 18.7 Å². The van der Waals surface area contributed by atoms with E-state index in [-0.39, 0.29) is 31.1 Å². The van der Waals surface area contributed by atoms with E-state index in [1.807, 2.05) is 31.2 Å². The molecule has 248 valence electrons. The third-order valence-electron chi connectivity index (χ3n) is 7.61. The first-order chi connectivity index (χ1) is 22.0. The topological polar surface area (TPSA) is 155 Å². The number of urea groups is 1. The molecular formula is C34H44FN5O6. The summed E-state index contributed by atoms with van der Waals surface area (Å²) in [5.41, 5.74) is 2.10. The second-order valence-corrected chi connectivity index (χ2v) is 11.7. The van der Waals surface area contributed by atoms with Gasteiger partial charge >= 0.3 is 12.0 Å². The average Bonchev–Trinajstić information content (AvgIpc) is 3.01. The van der Waals surface area contributed by atoms with Gasteiger partial charge in [0, 0.05) is 19.0 Å². The fourth-order valence-electron chi connectivity index (χ4n) is 5.09. The van der Waals surface area contributed by atoms with Gasteiger partial charge in [-0.25, -0.2) is 14.0 Å². The van der Waals surface area contributed by atoms with E-state index in [0.717, 1.165) is 11.1 Å². The summed E-state index contributed by atoms with van der Waals surface area (Å²) >= 11 is 0. The van der Waals surface area contributed by atoms with Crippen molar-refractivity contribution in [1.29, 1.82) is 0 Å². The molecule has 0 radical (unpaired) electrons. The van der Waals surface area contributed by atoms with E-state index in [9.17, 15) is 28.4 Å². The van der Waals surface area contributed by atoms with E-state index in [4.69, 9.17) is 4.74 Å². The van der Waals surface area contributed by atoms with Gasteiger partial charge in [-0.15, -0.1) is 0 Å². The number of nitrogens with one attached hydrogen (secondary N) is 5. The molecule has 5 N–H and O–H groups in total. The van der Waals surface area contributed by atoms with Crippen molar-refractivity contribution in [1.82, 2.24) is 26.6 Å². The molecule has 1 aliphatic rings. The van der Waals surface area contributed by atoms with Crippen LogP contribution in [0.2, 0.25) is 0 Å². The first-order valence-electron chi connectivity index (χ1n) is 15.5. The fourth-order valence-corrected chi connectivity index (χ4v) is 5.09. The summed E-state index contributed by atoms with van der Waals surface area (Å²) in [6, 6.07) is 9.12. The normalized spacial score (nSPS) is 19.3. The van der Waals surface area contributed by atoms with Crippen LogP contribution in [-0.4, -0.2) is 67.5 Å². The van der Waals surface area contributed by atoms with Crippen LogP contribution in [0.25, 0.3) is 0 Å². The molecule has 0 unspecified atom stereocenters. The SMILES string of the molecule is COC(=O)[C@@H](NC(=O)N[C@@H](Cc1cccc(C)c1)C(=O)N[C@H]1CCCCNC(=O)/C=C\[C@H](Cc2ccccc2F)NC1=O)C(C)C. The molecule has 1 aliphatic heterocycles. The lowest BCUT2D eigenvalue weighted by Gasteiger charge is -2.26. The Morgan fingerprint density at radius 3 is 2.50 bits per heavy atom. The Balaban J connectivity index is 1.83. The molecule has 0 aliphatic carbocycles. The Morgan fingerprint density at radius 1 is 1.04 bits per heavy atom. The van der Waals surface area contributed by atoms with Crippen LogP contribution in [0.5, 0.6) is 0 Å². The Hall–Kier alpha value is -4.74. The van der Waals surface area contributed by atoms with Crippen molar-refractivity contribution in [3.63, 3.8) is 0 Å². The lowest BCUT2D eigenvalue weighted by Crippen LogP contribution is -2.58. The zero-order chi connectivity index (χ0) is 33.6. The second kappa shape index (κ2) is 17.7. The number of hydrogen-bond acceptors (Lipinski definition) is 6. The van der Waals surface area contributed by atoms with Crippen molar-refractivity contribution < 1.29 is 33.1 Å². The molecule has 0 aromatic heterocycles. The van der Waals surface area contributed by atoms with Gasteiger partial charge in [-0.2, -0.15) is 0 Å². The maximum atomic E-state index is 14.5. The molecule has 0 fully saturated rings. The zero-order valence-electron chi connectivity index (χ0n) is 26.7. The van der Waals surface area contributed by atoms with E-state index < -0.39 is 53.8 Å². The molecule has 4 atom stereocenters. The number of ether oxygens (including phenoxy) is 1. The Morgan fingerprint density at radius 2 is 1.80 bits per heavy atom. The summed E-state index contributed by atoms with van der Waals surface area (Å²) < 4.78 is 19.3. The van der Waals surface area contributed by atoms with Crippen molar-refractivity contribution in [2.24, 2.45) is 5.92 Å². The summed E-state index contributed by atoms with van der Waals surface area (Å²) in [6.45, 7) is 5.78. The lowest BCUT2D eigenvalue weighted by molar-refractivity contribution is -0.144. The maximum absolute atomic E-state index is 14.5. The van der Waals surface area contributed by atoms with Crippen LogP contribution in [-0.2, 0) is 36.8 Å². The van der Waals surface area contributed by atoms with Gasteiger partial charge in [0.15, 0.2) is 0 Å². The summed E-state index contributed by atoms with van der Waals surface area (Å²) in [5.74, 6) is -2.78. The van der Waals surface area contributed by atoms with Gasteiger partial charge in [0.2, 0.25) is 17.7 Å². The average molecular weight is 638 g/mol. The first kappa shape index (κ1) is 35.7. The molecular weight excluding hydrogens is 593 g/mol. The predicted molar refractivity (Wildman–Crippen MR) is 171 cm³/mol. The minimum atomic E-state index is -1.10. The molecule has 2 aromatic rings. The molecule has 12 heteroatoms. The Kier molecular flexibility index (Phi) is 13.7. The number of amides is 5. The van der Waals surface area contributed by atoms with Crippen LogP contribution in [0.3, 0.4) is 0 Å². The fraction of sp³-hybridized carbons (Fsp3) is 0.441. The van der Waals surface area contributed by atoms with Crippen LogP contribution in [0.1, 0.15) is 49.8 Å². The highest BCUT2D eigenvalue weighted by Gasteiger charge is 2.30. The molecule has 3 rings (SSSR count). The van der Waals surface area contributed by atoms with Gasteiger partial charge in [-0.3, -0.25) is 14.4 Å². The number of aryl methyl sites for hydroxylation is 1. The minimum absolute atomic E-state index is 0.0811. The van der Waals surface area contributed by atoms with Gasteiger partial charge in [0.1, 0.15) is 23.9 Å². The van der Waals surface area contributed by atoms with Crippen LogP contribution in [0.15, 0.2) is 60.7 Å². The quantitative estimate of drug-likeness (QED) is 0.253. The standard InChI is InChI=1S/C34H44FN5O6/c1-21(2)30(33(44)46-4)40-34(45)39-28(19-23-11-9-10-22(3)18-23)32(43)38-27-14-7-8-17-36-29(41)16-15-25(37-31(27)42)20-24-12-5-6-13-26(24)35/h5-6,9-13,15-16,18,21,25,27-28,30H,7-8,14,17,19-20H2,1-4H3,(H,36,41)(H,37,42)(H,38,43)(H2,39,40,45)/b16-15-/t25-,27+,28+,30+/m1/s1. The molecule has 2 aromatic carbocycles. The second-order valence-electron chi connectivity index (χ2n) is 11.7. The number of halogens is 1. The van der Waals surface area contributed by atoms with Crippen molar-refractivity contribution >= 4 is 29.7 Å². The van der Waals surface area contributed by atoms with Crippen molar-refractivity contribution in [3.05, 3.63) is 83.2 Å². The Labute approximate surface area is 269 Å². The molecule has 0 bridgehead atoms. The Bertz CT molecular complexity index is 1410. The minimum Gasteiger partial charge on any atom is -0.467 e. The van der Waals surface area contributed by atoms with E-state index in [1.54, 1.807) is 32.0 Å². The van der Waals surface area contributed by atoms with Gasteiger partial charge < -0.3 is 31.3 Å². The van der Waals surface area contributed by atoms with Crippen LogP contribution < -0.4 is 26.6 Å². The van der Waals surface area contributed by atoms with Gasteiger partial charge in [0.05, 0.1) is 13.2 Å². The lowest BCUT2D eigenvalue weighted by atomic mass is 10.0. The number of hydrogen-bond donors (Lipinski definition) is 5. The first-order valence-corrected chi connectivity index (χ1v) is 15.5. The molecule has 11 nitrogen and oxygen atoms in total. The molecule has 1 heterocycles. The number of benzene rings is 2. The van der Waals surface area contributed by atoms with Gasteiger partial charge in [-0.1, -0.05) is 68.0 Å². The molecule has 0 spiro atoms. The summed E-state index contributed by atoms with van der Waals surface area (Å²) in [5, 5.41) is 13.7. The number of rotatable bonds is 10. The van der Waals surface area contributed by atoms with Crippen LogP contribution in [0.4, 0.5) is 9.18 Å². The van der Waals surface area contributed by atoms with Crippen molar-refractivity contribution in [2.75, 3.05) is 13.7 Å². The smallest absolute Gasteiger partial charge is 0.328 e. The highest BCUT2D eigenvalue weighted by atomic mass is 19.1. The van der Waals surface area contributed by atoms with Gasteiger partial charge in [0.25, 0.3) is 0 Å². The number of methoxy groups -OCH3 is 1. The van der Waals surface area contributed by atoms with Gasteiger partial charge in [-0.05, 0) is 55.7 Å². The molecule has 46 heavy (non-hydrogen) atoms. The predicted octanol–water partition coefficient (Wildman–Crippen LogP) is 2.61. The third kappa shape index (κ3) is 11.3. The number of carbonyl (C=O) groups is 5. The summed E-state index contributed by atoms with van der Waals surface area (Å²) in [4.78, 5) is 64.9. The van der Waals surface area contributed by atoms with E-state index in [1.165, 1.54) is 25.3 Å². The highest BCUT2D eigenvalue weighted by Crippen LogP contribution is 2.13. The summed E-state index contributed by atoms with van der Waals surface area (Å²) in [7, 11) is 1.23. The third-order valence-corrected chi connectivity index (χ3v) is 7.61. The van der Waals surface area contributed by atoms with E-state index in [2.05, 4.69) is 26.6 Å². The van der Waals surface area contributed by atoms with Crippen molar-refractivity contribution in [2.45, 2.75) is 77.0 Å².